The molecular weight excluding hydrogens is 523 g/mol. The Morgan fingerprint density at radius 1 is 0.925 bits per heavy atom. The minimum absolute atomic E-state index is 0.0429. The van der Waals surface area contributed by atoms with Gasteiger partial charge in [0.25, 0.3) is 12.4 Å². The van der Waals surface area contributed by atoms with Crippen LogP contribution in [-0.2, 0) is 23.4 Å². The number of methoxy groups -OCH3 is 3. The summed E-state index contributed by atoms with van der Waals surface area (Å²) in [5, 5.41) is 0. The molecule has 2 N–H and O–H groups in total. The van der Waals surface area contributed by atoms with E-state index < -0.39 is 23.5 Å². The fourth-order valence-corrected chi connectivity index (χ4v) is 4.54. The van der Waals surface area contributed by atoms with Gasteiger partial charge in [-0.25, -0.2) is 18.2 Å². The monoisotopic (exact) mass is 555 g/mol. The number of benzene rings is 3. The Kier molecular flexibility index (Phi) is 8.46. The van der Waals surface area contributed by atoms with Gasteiger partial charge < -0.3 is 29.6 Å². The molecule has 3 aromatic carbocycles. The molecule has 1 aliphatic heterocycles. The van der Waals surface area contributed by atoms with Crippen molar-refractivity contribution in [1.29, 1.82) is 0 Å². The number of ether oxygens (including phenoxy) is 4. The molecule has 4 rings (SSSR count). The van der Waals surface area contributed by atoms with E-state index in [4.69, 9.17) is 24.7 Å². The zero-order chi connectivity index (χ0) is 29.0. The number of aryl methyl sites for hydroxylation is 1. The number of allylic oxidation sites excluding steroid dienone is 1. The van der Waals surface area contributed by atoms with Gasteiger partial charge in [0, 0.05) is 28.4 Å². The van der Waals surface area contributed by atoms with Crippen LogP contribution >= 0.6 is 0 Å². The van der Waals surface area contributed by atoms with Crippen LogP contribution in [0.2, 0.25) is 0 Å². The van der Waals surface area contributed by atoms with Gasteiger partial charge in [-0.1, -0.05) is 12.1 Å². The van der Waals surface area contributed by atoms with Gasteiger partial charge in [0.2, 0.25) is 0 Å². The fraction of sp³-hybridized carbons (Fsp3) is 0.300. The minimum Gasteiger partial charge on any atom is -0.497 e. The molecule has 0 aliphatic carbocycles. The predicted octanol–water partition coefficient (Wildman–Crippen LogP) is 6.19. The molecule has 1 atom stereocenters. The normalized spacial score (nSPS) is 16.6. The number of halogens is 3. The molecule has 0 fully saturated rings. The molecule has 0 amide bonds. The number of nitrogens with two attached hydrogens (primary N) is 1. The summed E-state index contributed by atoms with van der Waals surface area (Å²) < 4.78 is 65.5. The van der Waals surface area contributed by atoms with Crippen LogP contribution in [0.15, 0.2) is 71.4 Å². The van der Waals surface area contributed by atoms with E-state index in [9.17, 15) is 8.78 Å². The third-order valence-corrected chi connectivity index (χ3v) is 6.64. The van der Waals surface area contributed by atoms with Crippen LogP contribution in [-0.4, -0.2) is 38.7 Å². The molecule has 1 heterocycles. The van der Waals surface area contributed by atoms with Gasteiger partial charge in [-0.3, -0.25) is 0 Å². The van der Waals surface area contributed by atoms with Crippen molar-refractivity contribution < 1.29 is 32.1 Å². The van der Waals surface area contributed by atoms with Crippen molar-refractivity contribution in [2.75, 3.05) is 27.1 Å². The first-order valence-electron chi connectivity index (χ1n) is 12.5. The highest BCUT2D eigenvalue weighted by Gasteiger charge is 2.37. The Balaban J connectivity index is 1.86. The number of aliphatic imine (C=N–C) groups is 1. The van der Waals surface area contributed by atoms with E-state index in [0.29, 0.717) is 22.8 Å². The van der Waals surface area contributed by atoms with Gasteiger partial charge in [0.05, 0.1) is 34.4 Å². The molecule has 0 saturated carbocycles. The Morgan fingerprint density at radius 3 is 2.20 bits per heavy atom. The first-order valence-corrected chi connectivity index (χ1v) is 12.5. The van der Waals surface area contributed by atoms with Crippen molar-refractivity contribution in [2.24, 2.45) is 4.99 Å². The SMILES string of the molecule is COc1ccc(CN(Cc2ccc(C)cc2OC)C2=N[C@](C)(c3cc(N)ccc3F)C=C(C(F)F)O2)c(OC)c1. The van der Waals surface area contributed by atoms with Crippen LogP contribution in [0.5, 0.6) is 17.2 Å². The van der Waals surface area contributed by atoms with Crippen molar-refractivity contribution in [2.45, 2.75) is 38.9 Å². The molecule has 0 saturated heterocycles. The Bertz CT molecular complexity index is 1440. The van der Waals surface area contributed by atoms with E-state index in [1.54, 1.807) is 37.3 Å². The van der Waals surface area contributed by atoms with Crippen molar-refractivity contribution >= 4 is 11.7 Å². The lowest BCUT2D eigenvalue weighted by atomic mass is 9.90. The summed E-state index contributed by atoms with van der Waals surface area (Å²) in [7, 11) is 4.63. The number of rotatable bonds is 9. The molecule has 3 aromatic rings. The highest BCUT2D eigenvalue weighted by molar-refractivity contribution is 5.77. The van der Waals surface area contributed by atoms with Crippen LogP contribution in [0.4, 0.5) is 18.9 Å². The standard InChI is InChI=1S/C30H32F3N3O4/c1-18-6-7-19(25(12-18)38-4)16-36(17-20-8-10-22(37-3)14-26(20)39-5)29-35-30(2,15-27(40-29)28(32)33)23-13-21(34)9-11-24(23)31/h6-15,28H,16-17,34H2,1-5H3/t30-/m0/s1. The van der Waals surface area contributed by atoms with Gasteiger partial charge in [0.15, 0.2) is 5.76 Å². The Morgan fingerprint density at radius 2 is 1.57 bits per heavy atom. The predicted molar refractivity (Wildman–Crippen MR) is 147 cm³/mol. The average molecular weight is 556 g/mol. The number of nitrogen functional groups attached to an aromatic ring is 1. The minimum atomic E-state index is -2.97. The number of amidine groups is 1. The van der Waals surface area contributed by atoms with Crippen LogP contribution < -0.4 is 19.9 Å². The van der Waals surface area contributed by atoms with E-state index in [2.05, 4.69) is 4.99 Å². The van der Waals surface area contributed by atoms with Crippen LogP contribution in [0.25, 0.3) is 0 Å². The Labute approximate surface area is 231 Å². The fourth-order valence-electron chi connectivity index (χ4n) is 4.54. The maximum atomic E-state index is 15.0. The highest BCUT2D eigenvalue weighted by Crippen LogP contribution is 2.38. The van der Waals surface area contributed by atoms with Crippen LogP contribution in [0.3, 0.4) is 0 Å². The lowest BCUT2D eigenvalue weighted by molar-refractivity contribution is 0.113. The lowest BCUT2D eigenvalue weighted by Crippen LogP contribution is -2.38. The van der Waals surface area contributed by atoms with Crippen molar-refractivity contribution in [3.8, 4) is 17.2 Å². The molecule has 0 bridgehead atoms. The van der Waals surface area contributed by atoms with Crippen molar-refractivity contribution in [1.82, 2.24) is 4.90 Å². The van der Waals surface area contributed by atoms with Crippen LogP contribution in [0, 0.1) is 12.7 Å². The van der Waals surface area contributed by atoms with Gasteiger partial charge in [-0.05, 0) is 61.9 Å². The van der Waals surface area contributed by atoms with Crippen molar-refractivity contribution in [3.63, 3.8) is 0 Å². The summed E-state index contributed by atoms with van der Waals surface area (Å²) in [5.74, 6) is 0.446. The number of nitrogens with zero attached hydrogens (tertiary/aromatic N) is 2. The zero-order valence-corrected chi connectivity index (χ0v) is 23.0. The first kappa shape index (κ1) is 28.7. The largest absolute Gasteiger partial charge is 0.497 e. The second-order valence-electron chi connectivity index (χ2n) is 9.58. The third-order valence-electron chi connectivity index (χ3n) is 6.64. The number of hydrogen-bond acceptors (Lipinski definition) is 7. The van der Waals surface area contributed by atoms with Crippen LogP contribution in [0.1, 0.15) is 29.2 Å². The Hall–Kier alpha value is -4.34. The topological polar surface area (TPSA) is 78.5 Å². The maximum Gasteiger partial charge on any atom is 0.295 e. The van der Waals surface area contributed by atoms with Gasteiger partial charge in [0.1, 0.15) is 28.6 Å². The van der Waals surface area contributed by atoms with E-state index in [1.807, 2.05) is 25.1 Å². The summed E-state index contributed by atoms with van der Waals surface area (Å²) in [6, 6.07) is 14.8. The smallest absolute Gasteiger partial charge is 0.295 e. The molecule has 0 aromatic heterocycles. The second kappa shape index (κ2) is 11.8. The zero-order valence-electron chi connectivity index (χ0n) is 23.0. The van der Waals surface area contributed by atoms with E-state index in [-0.39, 0.29) is 30.4 Å². The molecule has 0 unspecified atom stereocenters. The molecule has 0 radical (unpaired) electrons. The molecule has 10 heteroatoms. The lowest BCUT2D eigenvalue weighted by Gasteiger charge is -2.34. The first-order chi connectivity index (χ1) is 19.1. The summed E-state index contributed by atoms with van der Waals surface area (Å²) in [6.07, 6.45) is -1.85. The van der Waals surface area contributed by atoms with Crippen molar-refractivity contribution in [3.05, 3.63) is 94.5 Å². The quantitative estimate of drug-likeness (QED) is 0.317. The molecule has 1 aliphatic rings. The highest BCUT2D eigenvalue weighted by atomic mass is 19.3. The van der Waals surface area contributed by atoms with Gasteiger partial charge in [-0.15, -0.1) is 0 Å². The van der Waals surface area contributed by atoms with Gasteiger partial charge in [-0.2, -0.15) is 0 Å². The van der Waals surface area contributed by atoms with Gasteiger partial charge >= 0.3 is 0 Å². The number of hydrogen-bond donors (Lipinski definition) is 1. The second-order valence-corrected chi connectivity index (χ2v) is 9.58. The average Bonchev–Trinajstić information content (AvgIpc) is 2.94. The summed E-state index contributed by atoms with van der Waals surface area (Å²) in [4.78, 5) is 6.36. The molecule has 7 nitrogen and oxygen atoms in total. The number of alkyl halides is 2. The number of anilines is 1. The third kappa shape index (κ3) is 6.11. The van der Waals surface area contributed by atoms with E-state index in [1.165, 1.54) is 32.2 Å². The molecule has 40 heavy (non-hydrogen) atoms. The summed E-state index contributed by atoms with van der Waals surface area (Å²) in [5.41, 5.74) is 7.17. The molecular formula is C30H32F3N3O4. The van der Waals surface area contributed by atoms with E-state index >= 15 is 4.39 Å². The summed E-state index contributed by atoms with van der Waals surface area (Å²) in [6.45, 7) is 3.79. The summed E-state index contributed by atoms with van der Waals surface area (Å²) >= 11 is 0. The molecule has 0 spiro atoms. The molecule has 212 valence electrons. The maximum absolute atomic E-state index is 15.0. The van der Waals surface area contributed by atoms with E-state index in [0.717, 1.165) is 17.2 Å².